The normalized spacial score (nSPS) is 19.7. The number of hydrogen-bond donors (Lipinski definition) is 1. The lowest BCUT2D eigenvalue weighted by Gasteiger charge is -2.32. The Kier molecular flexibility index (Phi) is 6.63. The van der Waals surface area contributed by atoms with Gasteiger partial charge in [0.15, 0.2) is 5.82 Å². The van der Waals surface area contributed by atoms with Gasteiger partial charge in [0.25, 0.3) is 0 Å². The first kappa shape index (κ1) is 16.4. The maximum atomic E-state index is 6.01. The quantitative estimate of drug-likeness (QED) is 0.774. The van der Waals surface area contributed by atoms with E-state index < -0.39 is 0 Å². The van der Waals surface area contributed by atoms with Crippen LogP contribution in [-0.4, -0.2) is 60.4 Å². The van der Waals surface area contributed by atoms with E-state index in [0.29, 0.717) is 36.6 Å². The highest BCUT2D eigenvalue weighted by Crippen LogP contribution is 2.13. The van der Waals surface area contributed by atoms with E-state index in [1.54, 1.807) is 6.07 Å². The zero-order valence-electron chi connectivity index (χ0n) is 12.6. The number of rotatable bonds is 7. The molecule has 21 heavy (non-hydrogen) atoms. The molecule has 0 spiro atoms. The van der Waals surface area contributed by atoms with Crippen molar-refractivity contribution < 1.29 is 9.47 Å². The van der Waals surface area contributed by atoms with Gasteiger partial charge in [0.05, 0.1) is 12.7 Å². The summed E-state index contributed by atoms with van der Waals surface area (Å²) in [6.07, 6.45) is 0.169. The van der Waals surface area contributed by atoms with Gasteiger partial charge < -0.3 is 14.8 Å². The highest BCUT2D eigenvalue weighted by Gasteiger charge is 2.19. The molecule has 0 amide bonds. The Morgan fingerprint density at radius 2 is 2.33 bits per heavy atom. The highest BCUT2D eigenvalue weighted by molar-refractivity contribution is 6.29. The number of nitrogens with one attached hydrogen (secondary N) is 1. The van der Waals surface area contributed by atoms with Crippen LogP contribution in [-0.2, 0) is 16.1 Å². The number of anilines is 1. The van der Waals surface area contributed by atoms with E-state index in [-0.39, 0.29) is 6.10 Å². The molecule has 0 aliphatic carbocycles. The van der Waals surface area contributed by atoms with E-state index in [1.165, 1.54) is 0 Å². The summed E-state index contributed by atoms with van der Waals surface area (Å²) in [6.45, 7) is 9.58. The molecule has 2 heterocycles. The zero-order chi connectivity index (χ0) is 15.1. The third-order valence-corrected chi connectivity index (χ3v) is 3.55. The molecular weight excluding hydrogens is 292 g/mol. The Balaban J connectivity index is 1.88. The Labute approximate surface area is 130 Å². The first-order valence-corrected chi connectivity index (χ1v) is 7.78. The molecule has 2 rings (SSSR count). The minimum atomic E-state index is 0.169. The maximum absolute atomic E-state index is 6.01. The van der Waals surface area contributed by atoms with Gasteiger partial charge in [0, 0.05) is 32.3 Å². The Hall–Kier alpha value is -0.950. The van der Waals surface area contributed by atoms with E-state index in [9.17, 15) is 0 Å². The van der Waals surface area contributed by atoms with Crippen molar-refractivity contribution in [1.29, 1.82) is 0 Å². The largest absolute Gasteiger partial charge is 0.374 e. The second-order valence-electron chi connectivity index (χ2n) is 4.90. The third-order valence-electron chi connectivity index (χ3n) is 3.36. The van der Waals surface area contributed by atoms with E-state index in [4.69, 9.17) is 21.1 Å². The summed E-state index contributed by atoms with van der Waals surface area (Å²) in [4.78, 5) is 10.9. The molecule has 1 unspecified atom stereocenters. The molecule has 0 saturated carbocycles. The molecule has 1 atom stereocenters. The first-order chi connectivity index (χ1) is 10.2. The molecule has 1 saturated heterocycles. The van der Waals surface area contributed by atoms with E-state index >= 15 is 0 Å². The van der Waals surface area contributed by atoms with Crippen molar-refractivity contribution in [3.8, 4) is 0 Å². The molecule has 0 bridgehead atoms. The van der Waals surface area contributed by atoms with Gasteiger partial charge in [-0.15, -0.1) is 0 Å². The van der Waals surface area contributed by atoms with E-state index in [1.807, 2.05) is 6.92 Å². The minimum absolute atomic E-state index is 0.169. The summed E-state index contributed by atoms with van der Waals surface area (Å²) in [7, 11) is 0. The van der Waals surface area contributed by atoms with Crippen LogP contribution in [0.15, 0.2) is 6.07 Å². The minimum Gasteiger partial charge on any atom is -0.374 e. The smallest absolute Gasteiger partial charge is 0.158 e. The van der Waals surface area contributed by atoms with Gasteiger partial charge in [-0.05, 0) is 13.5 Å². The topological polar surface area (TPSA) is 59.5 Å². The molecule has 1 N–H and O–H groups in total. The zero-order valence-corrected chi connectivity index (χ0v) is 13.4. The predicted octanol–water partition coefficient (Wildman–Crippen LogP) is 1.80. The second kappa shape index (κ2) is 8.48. The van der Waals surface area contributed by atoms with Crippen LogP contribution in [0.1, 0.15) is 19.7 Å². The molecule has 6 nitrogen and oxygen atoms in total. The molecule has 0 aromatic carbocycles. The molecule has 1 aromatic rings. The van der Waals surface area contributed by atoms with Gasteiger partial charge in [0.1, 0.15) is 17.6 Å². The molecular formula is C14H23ClN4O2. The Bertz CT molecular complexity index is 447. The van der Waals surface area contributed by atoms with Crippen LogP contribution in [0.2, 0.25) is 5.15 Å². The third kappa shape index (κ3) is 5.39. The maximum Gasteiger partial charge on any atom is 0.158 e. The monoisotopic (exact) mass is 314 g/mol. The van der Waals surface area contributed by atoms with Crippen LogP contribution < -0.4 is 5.32 Å². The fraction of sp³-hybridized carbons (Fsp3) is 0.714. The van der Waals surface area contributed by atoms with Crippen molar-refractivity contribution >= 4 is 17.4 Å². The van der Waals surface area contributed by atoms with Gasteiger partial charge in [-0.25, -0.2) is 9.97 Å². The lowest BCUT2D eigenvalue weighted by Crippen LogP contribution is -2.45. The van der Waals surface area contributed by atoms with Crippen LogP contribution in [0, 0.1) is 0 Å². The van der Waals surface area contributed by atoms with Crippen molar-refractivity contribution in [2.75, 3.05) is 44.7 Å². The number of morpholine rings is 1. The summed E-state index contributed by atoms with van der Waals surface area (Å²) >= 11 is 6.01. The van der Waals surface area contributed by atoms with Crippen molar-refractivity contribution in [3.63, 3.8) is 0 Å². The van der Waals surface area contributed by atoms with Crippen LogP contribution in [0.4, 0.5) is 5.82 Å². The lowest BCUT2D eigenvalue weighted by molar-refractivity contribution is -0.0192. The van der Waals surface area contributed by atoms with Gasteiger partial charge in [-0.2, -0.15) is 0 Å². The second-order valence-corrected chi connectivity index (χ2v) is 5.28. The van der Waals surface area contributed by atoms with Gasteiger partial charge >= 0.3 is 0 Å². The summed E-state index contributed by atoms with van der Waals surface area (Å²) in [5.74, 6) is 1.30. The lowest BCUT2D eigenvalue weighted by atomic mass is 10.2. The number of nitrogens with zero attached hydrogens (tertiary/aromatic N) is 3. The van der Waals surface area contributed by atoms with Crippen molar-refractivity contribution in [2.45, 2.75) is 26.6 Å². The predicted molar refractivity (Wildman–Crippen MR) is 82.7 cm³/mol. The van der Waals surface area contributed by atoms with Crippen molar-refractivity contribution in [1.82, 2.24) is 14.9 Å². The molecule has 1 aliphatic rings. The van der Waals surface area contributed by atoms with Crippen LogP contribution >= 0.6 is 11.6 Å². The van der Waals surface area contributed by atoms with Crippen molar-refractivity contribution in [2.24, 2.45) is 0 Å². The van der Waals surface area contributed by atoms with E-state index in [2.05, 4.69) is 27.1 Å². The van der Waals surface area contributed by atoms with Crippen LogP contribution in [0.5, 0.6) is 0 Å². The Morgan fingerprint density at radius 3 is 3.10 bits per heavy atom. The Morgan fingerprint density at radius 1 is 1.48 bits per heavy atom. The van der Waals surface area contributed by atoms with Crippen molar-refractivity contribution in [3.05, 3.63) is 17.0 Å². The molecule has 1 fully saturated rings. The summed E-state index contributed by atoms with van der Waals surface area (Å²) in [5.41, 5.74) is 0. The average molecular weight is 315 g/mol. The summed E-state index contributed by atoms with van der Waals surface area (Å²) < 4.78 is 11.1. The molecule has 1 aromatic heterocycles. The fourth-order valence-corrected chi connectivity index (χ4v) is 2.42. The molecule has 1 aliphatic heterocycles. The number of halogens is 1. The average Bonchev–Trinajstić information content (AvgIpc) is 2.50. The summed E-state index contributed by atoms with van der Waals surface area (Å²) in [5, 5.41) is 3.69. The molecule has 0 radical (unpaired) electrons. The van der Waals surface area contributed by atoms with E-state index in [0.717, 1.165) is 26.2 Å². The molecule has 118 valence electrons. The van der Waals surface area contributed by atoms with Crippen LogP contribution in [0.3, 0.4) is 0 Å². The standard InChI is InChI=1S/C14H23ClN4O2/c1-3-19-5-6-21-11(9-19)8-16-13-7-12(15)17-14(18-13)10-20-4-2/h7,11H,3-6,8-10H2,1-2H3,(H,16,17,18). The first-order valence-electron chi connectivity index (χ1n) is 7.40. The number of ether oxygens (including phenoxy) is 2. The van der Waals surface area contributed by atoms with Gasteiger partial charge in [-0.1, -0.05) is 18.5 Å². The summed E-state index contributed by atoms with van der Waals surface area (Å²) in [6, 6.07) is 1.72. The fourth-order valence-electron chi connectivity index (χ4n) is 2.22. The number of hydrogen-bond acceptors (Lipinski definition) is 6. The molecule has 7 heteroatoms. The van der Waals surface area contributed by atoms with Gasteiger partial charge in [-0.3, -0.25) is 4.90 Å². The number of likely N-dealkylation sites (N-methyl/N-ethyl adjacent to an activating group) is 1. The van der Waals surface area contributed by atoms with Gasteiger partial charge in [0.2, 0.25) is 0 Å². The highest BCUT2D eigenvalue weighted by atomic mass is 35.5. The SMILES string of the molecule is CCOCc1nc(Cl)cc(NCC2CN(CC)CCO2)n1. The van der Waals surface area contributed by atoms with Crippen LogP contribution in [0.25, 0.3) is 0 Å². The number of aromatic nitrogens is 2.